The molecule has 8 aromatic rings. The highest BCUT2D eigenvalue weighted by Crippen LogP contribution is 2.36. The first-order chi connectivity index (χ1) is 23.8. The largest absolute Gasteiger partial charge is 0.208 e. The lowest BCUT2D eigenvalue weighted by Crippen LogP contribution is -2.00. The van der Waals surface area contributed by atoms with E-state index < -0.39 is 0 Å². The second kappa shape index (κ2) is 13.1. The van der Waals surface area contributed by atoms with Crippen molar-refractivity contribution in [1.82, 2.24) is 15.0 Å². The van der Waals surface area contributed by atoms with Gasteiger partial charge in [0, 0.05) is 16.7 Å². The van der Waals surface area contributed by atoms with Crippen molar-refractivity contribution >= 4 is 0 Å². The van der Waals surface area contributed by atoms with Crippen molar-refractivity contribution in [1.29, 1.82) is 0 Å². The molecule has 0 amide bonds. The van der Waals surface area contributed by atoms with Crippen LogP contribution in [-0.2, 0) is 0 Å². The highest BCUT2D eigenvalue weighted by atomic mass is 15.0. The van der Waals surface area contributed by atoms with Crippen LogP contribution in [0.3, 0.4) is 0 Å². The first kappa shape index (κ1) is 29.0. The van der Waals surface area contributed by atoms with E-state index in [0.29, 0.717) is 17.5 Å². The van der Waals surface area contributed by atoms with E-state index in [1.807, 2.05) is 60.7 Å². The molecule has 0 aliphatic carbocycles. The molecule has 0 unspecified atom stereocenters. The number of benzene rings is 7. The third kappa shape index (κ3) is 6.18. The van der Waals surface area contributed by atoms with Crippen molar-refractivity contribution in [2.75, 3.05) is 0 Å². The quantitative estimate of drug-likeness (QED) is 0.179. The fraction of sp³-hybridized carbons (Fsp3) is 0. The molecule has 3 nitrogen and oxygen atoms in total. The Morgan fingerprint density at radius 3 is 0.812 bits per heavy atom. The molecule has 226 valence electrons. The van der Waals surface area contributed by atoms with Gasteiger partial charge in [0.15, 0.2) is 17.5 Å². The molecule has 8 rings (SSSR count). The summed E-state index contributed by atoms with van der Waals surface area (Å²) in [6, 6.07) is 65.4. The molecule has 0 bridgehead atoms. The lowest BCUT2D eigenvalue weighted by molar-refractivity contribution is 1.07. The van der Waals surface area contributed by atoms with Gasteiger partial charge in [-0.2, -0.15) is 0 Å². The van der Waals surface area contributed by atoms with E-state index in [1.54, 1.807) is 0 Å². The highest BCUT2D eigenvalue weighted by Gasteiger charge is 2.15. The average molecular weight is 614 g/mol. The van der Waals surface area contributed by atoms with Crippen LogP contribution in [-0.4, -0.2) is 15.0 Å². The number of hydrogen-bond donors (Lipinski definition) is 0. The maximum absolute atomic E-state index is 5.08. The lowest BCUT2D eigenvalue weighted by Gasteiger charge is -2.14. The summed E-state index contributed by atoms with van der Waals surface area (Å²) in [5.41, 5.74) is 12.0. The van der Waals surface area contributed by atoms with Gasteiger partial charge < -0.3 is 0 Å². The van der Waals surface area contributed by atoms with Gasteiger partial charge in [-0.1, -0.05) is 158 Å². The van der Waals surface area contributed by atoms with Crippen LogP contribution < -0.4 is 0 Å². The molecule has 0 saturated heterocycles. The smallest absolute Gasteiger partial charge is 0.164 e. The van der Waals surface area contributed by atoms with Crippen molar-refractivity contribution in [2.24, 2.45) is 0 Å². The summed E-state index contributed by atoms with van der Waals surface area (Å²) >= 11 is 0. The van der Waals surface area contributed by atoms with Crippen molar-refractivity contribution in [3.63, 3.8) is 0 Å². The van der Waals surface area contributed by atoms with Gasteiger partial charge in [-0.05, 0) is 74.8 Å². The number of nitrogens with zero attached hydrogens (tertiary/aromatic N) is 3. The monoisotopic (exact) mass is 613 g/mol. The Labute approximate surface area is 280 Å². The molecule has 1 aromatic heterocycles. The molecule has 0 atom stereocenters. The zero-order valence-corrected chi connectivity index (χ0v) is 26.2. The predicted molar refractivity (Wildman–Crippen MR) is 198 cm³/mol. The van der Waals surface area contributed by atoms with E-state index in [1.165, 1.54) is 22.3 Å². The van der Waals surface area contributed by atoms with Gasteiger partial charge in [0.05, 0.1) is 0 Å². The molecule has 0 saturated carbocycles. The lowest BCUT2D eigenvalue weighted by atomic mass is 9.92. The Hall–Kier alpha value is -6.45. The maximum atomic E-state index is 5.08. The fourth-order valence-electron chi connectivity index (χ4n) is 6.05. The second-order valence-electron chi connectivity index (χ2n) is 11.7. The molecular formula is C45H31N3. The van der Waals surface area contributed by atoms with Crippen LogP contribution in [0.2, 0.25) is 0 Å². The zero-order valence-electron chi connectivity index (χ0n) is 26.2. The van der Waals surface area contributed by atoms with Gasteiger partial charge in [0.2, 0.25) is 0 Å². The van der Waals surface area contributed by atoms with Crippen molar-refractivity contribution in [3.8, 4) is 78.7 Å². The molecule has 48 heavy (non-hydrogen) atoms. The van der Waals surface area contributed by atoms with E-state index in [2.05, 4.69) is 127 Å². The molecule has 0 aliphatic heterocycles. The van der Waals surface area contributed by atoms with Crippen LogP contribution in [0, 0.1) is 0 Å². The summed E-state index contributed by atoms with van der Waals surface area (Å²) in [5.74, 6) is 1.91. The van der Waals surface area contributed by atoms with Gasteiger partial charge in [0.25, 0.3) is 0 Å². The van der Waals surface area contributed by atoms with Gasteiger partial charge >= 0.3 is 0 Å². The summed E-state index contributed by atoms with van der Waals surface area (Å²) < 4.78 is 0. The van der Waals surface area contributed by atoms with E-state index in [4.69, 9.17) is 15.0 Å². The standard InChI is InChI=1S/C45H31N3/c1-5-15-32(16-6-1)36-23-13-25-38(27-36)40-29-41(39-26-14-24-37(28-39)33-17-7-2-8-18-33)31-42(30-40)45-47-43(34-19-9-3-10-20-34)46-44(48-45)35-21-11-4-12-22-35/h1-31H. The predicted octanol–water partition coefficient (Wildman–Crippen LogP) is 11.5. The number of aromatic nitrogens is 3. The maximum Gasteiger partial charge on any atom is 0.164 e. The molecule has 0 N–H and O–H groups in total. The third-order valence-corrected chi connectivity index (χ3v) is 8.50. The van der Waals surface area contributed by atoms with Gasteiger partial charge in [-0.15, -0.1) is 0 Å². The van der Waals surface area contributed by atoms with E-state index in [9.17, 15) is 0 Å². The zero-order chi connectivity index (χ0) is 32.1. The first-order valence-corrected chi connectivity index (χ1v) is 16.1. The summed E-state index contributed by atoms with van der Waals surface area (Å²) in [6.07, 6.45) is 0. The van der Waals surface area contributed by atoms with Crippen LogP contribution in [0.1, 0.15) is 0 Å². The summed E-state index contributed by atoms with van der Waals surface area (Å²) in [6.45, 7) is 0. The minimum atomic E-state index is 0.629. The summed E-state index contributed by atoms with van der Waals surface area (Å²) in [5, 5.41) is 0. The third-order valence-electron chi connectivity index (χ3n) is 8.50. The van der Waals surface area contributed by atoms with E-state index in [0.717, 1.165) is 38.9 Å². The van der Waals surface area contributed by atoms with Crippen LogP contribution in [0.4, 0.5) is 0 Å². The molecule has 7 aromatic carbocycles. The Balaban J connectivity index is 1.33. The Kier molecular flexibility index (Phi) is 7.92. The summed E-state index contributed by atoms with van der Waals surface area (Å²) in [4.78, 5) is 15.1. The van der Waals surface area contributed by atoms with E-state index in [-0.39, 0.29) is 0 Å². The molecule has 0 fully saturated rings. The highest BCUT2D eigenvalue weighted by molar-refractivity contribution is 5.83. The summed E-state index contributed by atoms with van der Waals surface area (Å²) in [7, 11) is 0. The van der Waals surface area contributed by atoms with Crippen LogP contribution in [0.5, 0.6) is 0 Å². The molecule has 1 heterocycles. The van der Waals surface area contributed by atoms with Gasteiger partial charge in [0.1, 0.15) is 0 Å². The Morgan fingerprint density at radius 2 is 0.438 bits per heavy atom. The SMILES string of the molecule is c1ccc(-c2cccc(-c3cc(-c4cccc(-c5ccccc5)c4)cc(-c4nc(-c5ccccc5)nc(-c5ccccc5)n4)c3)c2)cc1. The van der Waals surface area contributed by atoms with Gasteiger partial charge in [-0.25, -0.2) is 15.0 Å². The molecule has 0 spiro atoms. The van der Waals surface area contributed by atoms with Crippen LogP contribution in [0.15, 0.2) is 188 Å². The average Bonchev–Trinajstić information content (AvgIpc) is 3.19. The van der Waals surface area contributed by atoms with Crippen molar-refractivity contribution in [2.45, 2.75) is 0 Å². The Bertz CT molecular complexity index is 2160. The molecule has 0 aliphatic rings. The minimum Gasteiger partial charge on any atom is -0.208 e. The van der Waals surface area contributed by atoms with Crippen molar-refractivity contribution < 1.29 is 0 Å². The normalized spacial score (nSPS) is 10.9. The number of rotatable bonds is 7. The van der Waals surface area contributed by atoms with Crippen LogP contribution in [0.25, 0.3) is 78.7 Å². The van der Waals surface area contributed by atoms with E-state index >= 15 is 0 Å². The van der Waals surface area contributed by atoms with Crippen LogP contribution >= 0.6 is 0 Å². The Morgan fingerprint density at radius 1 is 0.188 bits per heavy atom. The number of hydrogen-bond acceptors (Lipinski definition) is 3. The van der Waals surface area contributed by atoms with Gasteiger partial charge in [-0.3, -0.25) is 0 Å². The molecule has 3 heteroatoms. The fourth-order valence-corrected chi connectivity index (χ4v) is 6.05. The second-order valence-corrected chi connectivity index (χ2v) is 11.7. The minimum absolute atomic E-state index is 0.629. The molecule has 0 radical (unpaired) electrons. The first-order valence-electron chi connectivity index (χ1n) is 16.1. The van der Waals surface area contributed by atoms with Crippen molar-refractivity contribution in [3.05, 3.63) is 188 Å². The molecular weight excluding hydrogens is 583 g/mol. The topological polar surface area (TPSA) is 38.7 Å².